The molecule has 1 unspecified atom stereocenters. The third kappa shape index (κ3) is 21.6. The van der Waals surface area contributed by atoms with E-state index in [1.54, 1.807) is 0 Å². The molecule has 0 spiro atoms. The van der Waals surface area contributed by atoms with Gasteiger partial charge in [0.2, 0.25) is 0 Å². The van der Waals surface area contributed by atoms with Crippen LogP contribution in [0.3, 0.4) is 0 Å². The summed E-state index contributed by atoms with van der Waals surface area (Å²) in [6, 6.07) is 0. The Labute approximate surface area is 197 Å². The lowest BCUT2D eigenvalue weighted by molar-refractivity contribution is -0.152. The van der Waals surface area contributed by atoms with Crippen LogP contribution in [0, 0.1) is 5.92 Å². The molecule has 0 aromatic carbocycles. The van der Waals surface area contributed by atoms with E-state index in [-0.39, 0.29) is 13.0 Å². The second-order valence-corrected chi connectivity index (χ2v) is 9.00. The Morgan fingerprint density at radius 1 is 0.781 bits per heavy atom. The lowest BCUT2D eigenvalue weighted by Gasteiger charge is -2.12. The molecule has 0 aliphatic rings. The number of hydrogen-bond donors (Lipinski definition) is 1. The Bertz CT molecular complexity index is 484. The van der Waals surface area contributed by atoms with Gasteiger partial charge in [-0.05, 0) is 32.1 Å². The van der Waals surface area contributed by atoms with Gasteiger partial charge < -0.3 is 9.84 Å². The maximum Gasteiger partial charge on any atom is 0.309 e. The van der Waals surface area contributed by atoms with E-state index in [2.05, 4.69) is 25.7 Å². The number of carboxylic acids is 1. The van der Waals surface area contributed by atoms with Gasteiger partial charge in [-0.1, -0.05) is 115 Å². The summed E-state index contributed by atoms with van der Waals surface area (Å²) in [4.78, 5) is 22.9. The second kappa shape index (κ2) is 24.1. The first-order valence-corrected chi connectivity index (χ1v) is 13.3. The van der Waals surface area contributed by atoms with Gasteiger partial charge in [-0.25, -0.2) is 0 Å². The molecular weight excluding hydrogens is 400 g/mol. The number of allylic oxidation sites excluding steroid dienone is 2. The van der Waals surface area contributed by atoms with Gasteiger partial charge in [-0.3, -0.25) is 9.59 Å². The smallest absolute Gasteiger partial charge is 0.309 e. The van der Waals surface area contributed by atoms with Crippen molar-refractivity contribution in [2.24, 2.45) is 5.92 Å². The molecular formula is C28H50O4. The maximum atomic E-state index is 11.9. The highest BCUT2D eigenvalue weighted by atomic mass is 16.5. The van der Waals surface area contributed by atoms with Crippen molar-refractivity contribution in [1.82, 2.24) is 0 Å². The highest BCUT2D eigenvalue weighted by molar-refractivity contribution is 5.79. The van der Waals surface area contributed by atoms with E-state index < -0.39 is 17.9 Å². The predicted octanol–water partition coefficient (Wildman–Crippen LogP) is 8.40. The first-order valence-electron chi connectivity index (χ1n) is 13.3. The molecule has 0 bridgehead atoms. The van der Waals surface area contributed by atoms with E-state index in [1.165, 1.54) is 96.0 Å². The maximum absolute atomic E-state index is 11.9. The van der Waals surface area contributed by atoms with Gasteiger partial charge in [0, 0.05) is 0 Å². The number of carboxylic acid groups (broad SMARTS) is 1. The fraction of sp³-hybridized carbons (Fsp3) is 0.786. The zero-order chi connectivity index (χ0) is 23.7. The van der Waals surface area contributed by atoms with E-state index in [9.17, 15) is 9.59 Å². The highest BCUT2D eigenvalue weighted by Crippen LogP contribution is 2.16. The second-order valence-electron chi connectivity index (χ2n) is 9.00. The molecule has 4 heteroatoms. The first-order chi connectivity index (χ1) is 15.6. The molecule has 1 N–H and O–H groups in total. The fourth-order valence-corrected chi connectivity index (χ4v) is 3.95. The summed E-state index contributed by atoms with van der Waals surface area (Å²) in [5, 5.41) is 8.97. The summed E-state index contributed by atoms with van der Waals surface area (Å²) in [5.74, 6) is -1.95. The topological polar surface area (TPSA) is 63.6 Å². The molecule has 0 aromatic heterocycles. The van der Waals surface area contributed by atoms with Crippen molar-refractivity contribution in [1.29, 1.82) is 0 Å². The Morgan fingerprint density at radius 2 is 1.25 bits per heavy atom. The number of hydrogen-bond acceptors (Lipinski definition) is 3. The molecule has 0 aliphatic carbocycles. The van der Waals surface area contributed by atoms with Crippen LogP contribution >= 0.6 is 0 Å². The van der Waals surface area contributed by atoms with Gasteiger partial charge >= 0.3 is 11.9 Å². The van der Waals surface area contributed by atoms with E-state index in [0.717, 1.165) is 19.3 Å². The van der Waals surface area contributed by atoms with Crippen molar-refractivity contribution < 1.29 is 19.4 Å². The molecule has 0 aromatic rings. The summed E-state index contributed by atoms with van der Waals surface area (Å²) in [6.07, 6.45) is 28.4. The first kappa shape index (κ1) is 30.4. The van der Waals surface area contributed by atoms with Crippen molar-refractivity contribution in [3.05, 3.63) is 24.8 Å². The number of rotatable bonds is 24. The van der Waals surface area contributed by atoms with Crippen LogP contribution in [0.1, 0.15) is 129 Å². The summed E-state index contributed by atoms with van der Waals surface area (Å²) in [7, 11) is 0. The third-order valence-corrected chi connectivity index (χ3v) is 5.91. The van der Waals surface area contributed by atoms with E-state index >= 15 is 0 Å². The van der Waals surface area contributed by atoms with Gasteiger partial charge in [0.15, 0.2) is 0 Å². The zero-order valence-corrected chi connectivity index (χ0v) is 20.8. The number of aliphatic carboxylic acids is 1. The van der Waals surface area contributed by atoms with Crippen LogP contribution in [0.2, 0.25) is 0 Å². The molecule has 4 nitrogen and oxygen atoms in total. The van der Waals surface area contributed by atoms with Crippen LogP contribution in [-0.4, -0.2) is 23.7 Å². The Balaban J connectivity index is 3.51. The quantitative estimate of drug-likeness (QED) is 0.0910. The molecule has 1 atom stereocenters. The van der Waals surface area contributed by atoms with E-state index in [4.69, 9.17) is 9.84 Å². The standard InChI is InChI=1S/C28H50O4/c1-3-5-6-7-8-9-10-11-12-13-14-15-16-17-18-19-20-21-22-23-26(25-27(29)30)28(31)32-24-4-2/h4,19-20,26H,2-3,5-18,21-25H2,1H3,(H,29,30)/b20-19+. The summed E-state index contributed by atoms with van der Waals surface area (Å²) < 4.78 is 5.01. The van der Waals surface area contributed by atoms with Crippen molar-refractivity contribution >= 4 is 11.9 Å². The van der Waals surface area contributed by atoms with Crippen LogP contribution in [-0.2, 0) is 14.3 Å². The number of esters is 1. The highest BCUT2D eigenvalue weighted by Gasteiger charge is 2.22. The molecule has 186 valence electrons. The lowest BCUT2D eigenvalue weighted by Crippen LogP contribution is -2.21. The van der Waals surface area contributed by atoms with Crippen LogP contribution in [0.25, 0.3) is 0 Å². The van der Waals surface area contributed by atoms with Crippen molar-refractivity contribution in [3.8, 4) is 0 Å². The van der Waals surface area contributed by atoms with Crippen LogP contribution in [0.4, 0.5) is 0 Å². The largest absolute Gasteiger partial charge is 0.481 e. The van der Waals surface area contributed by atoms with Gasteiger partial charge in [0.25, 0.3) is 0 Å². The Kier molecular flexibility index (Phi) is 22.9. The lowest BCUT2D eigenvalue weighted by atomic mass is 9.98. The SMILES string of the molecule is C=CCOC(=O)C(CCC/C=C/CCCCCCCCCCCCCCCC)CC(=O)O. The molecule has 0 saturated carbocycles. The number of unbranched alkanes of at least 4 members (excludes halogenated alkanes) is 15. The zero-order valence-electron chi connectivity index (χ0n) is 20.8. The number of carbonyl (C=O) groups is 2. The van der Waals surface area contributed by atoms with Gasteiger partial charge in [0.05, 0.1) is 12.3 Å². The van der Waals surface area contributed by atoms with Crippen LogP contribution < -0.4 is 0 Å². The monoisotopic (exact) mass is 450 g/mol. The summed E-state index contributed by atoms with van der Waals surface area (Å²) >= 11 is 0. The van der Waals surface area contributed by atoms with Gasteiger partial charge in [0.1, 0.15) is 6.61 Å². The molecule has 0 saturated heterocycles. The fourth-order valence-electron chi connectivity index (χ4n) is 3.95. The number of ether oxygens (including phenoxy) is 1. The van der Waals surface area contributed by atoms with Crippen molar-refractivity contribution in [2.75, 3.05) is 6.61 Å². The third-order valence-electron chi connectivity index (χ3n) is 5.91. The van der Waals surface area contributed by atoms with E-state index in [1.807, 2.05) is 0 Å². The minimum absolute atomic E-state index is 0.133. The minimum Gasteiger partial charge on any atom is -0.481 e. The molecule has 0 rings (SSSR count). The van der Waals surface area contributed by atoms with Gasteiger partial charge in [-0.15, -0.1) is 0 Å². The molecule has 32 heavy (non-hydrogen) atoms. The number of carbonyl (C=O) groups excluding carboxylic acids is 1. The normalized spacial score (nSPS) is 12.2. The van der Waals surface area contributed by atoms with Crippen LogP contribution in [0.5, 0.6) is 0 Å². The summed E-state index contributed by atoms with van der Waals surface area (Å²) in [5.41, 5.74) is 0. The minimum atomic E-state index is -0.959. The molecule has 0 fully saturated rings. The van der Waals surface area contributed by atoms with Crippen LogP contribution in [0.15, 0.2) is 24.8 Å². The van der Waals surface area contributed by atoms with Crippen molar-refractivity contribution in [2.45, 2.75) is 129 Å². The molecule has 0 heterocycles. The molecule has 0 radical (unpaired) electrons. The average molecular weight is 451 g/mol. The molecule has 0 amide bonds. The Hall–Kier alpha value is -1.58. The van der Waals surface area contributed by atoms with Crippen molar-refractivity contribution in [3.63, 3.8) is 0 Å². The summed E-state index contributed by atoms with van der Waals surface area (Å²) in [6.45, 7) is 5.91. The van der Waals surface area contributed by atoms with E-state index in [0.29, 0.717) is 6.42 Å². The predicted molar refractivity (Wildman–Crippen MR) is 135 cm³/mol. The van der Waals surface area contributed by atoms with Gasteiger partial charge in [-0.2, -0.15) is 0 Å². The Morgan fingerprint density at radius 3 is 1.72 bits per heavy atom. The molecule has 0 aliphatic heterocycles. The average Bonchev–Trinajstić information content (AvgIpc) is 2.77.